The van der Waals surface area contributed by atoms with Gasteiger partial charge in [0.25, 0.3) is 0 Å². The molecule has 1 heterocycles. The van der Waals surface area contributed by atoms with Crippen molar-refractivity contribution < 1.29 is 4.79 Å². The second-order valence-electron chi connectivity index (χ2n) is 4.25. The number of fused-ring (bicyclic) bond motifs is 1. The zero-order valence-electron chi connectivity index (χ0n) is 9.48. The molecule has 1 aliphatic heterocycles. The molecular formula is C14H11ClN2O. The van der Waals surface area contributed by atoms with Crippen LogP contribution in [-0.4, -0.2) is 5.91 Å². The van der Waals surface area contributed by atoms with Crippen LogP contribution in [0.5, 0.6) is 0 Å². The number of halogens is 1. The van der Waals surface area contributed by atoms with Crippen LogP contribution >= 0.6 is 11.6 Å². The van der Waals surface area contributed by atoms with Gasteiger partial charge in [-0.05, 0) is 23.8 Å². The zero-order chi connectivity index (χ0) is 12.7. The van der Waals surface area contributed by atoms with Crippen molar-refractivity contribution in [2.24, 2.45) is 5.73 Å². The van der Waals surface area contributed by atoms with Crippen LogP contribution in [0.25, 0.3) is 11.1 Å². The average molecular weight is 259 g/mol. The molecule has 0 fully saturated rings. The van der Waals surface area contributed by atoms with Gasteiger partial charge in [-0.15, -0.1) is 0 Å². The quantitative estimate of drug-likeness (QED) is 0.826. The summed E-state index contributed by atoms with van der Waals surface area (Å²) >= 11 is 6.16. The first-order valence-corrected chi connectivity index (χ1v) is 6.00. The van der Waals surface area contributed by atoms with Gasteiger partial charge in [-0.25, -0.2) is 0 Å². The molecule has 0 aliphatic carbocycles. The number of benzene rings is 2. The third-order valence-electron chi connectivity index (χ3n) is 3.11. The van der Waals surface area contributed by atoms with Crippen LogP contribution in [0.3, 0.4) is 0 Å². The minimum Gasteiger partial charge on any atom is -0.324 e. The fourth-order valence-corrected chi connectivity index (χ4v) is 2.39. The van der Waals surface area contributed by atoms with Gasteiger partial charge in [0.2, 0.25) is 5.91 Å². The molecule has 1 aliphatic rings. The normalized spacial score (nSPS) is 17.4. The van der Waals surface area contributed by atoms with Gasteiger partial charge in [0.15, 0.2) is 0 Å². The molecule has 1 atom stereocenters. The highest BCUT2D eigenvalue weighted by Gasteiger charge is 2.27. The van der Waals surface area contributed by atoms with Crippen LogP contribution in [0, 0.1) is 0 Å². The SMILES string of the molecule is N[C@H]1C(=O)Nc2ccc(-c3ccccc3Cl)cc21. The fraction of sp³-hybridized carbons (Fsp3) is 0.0714. The van der Waals surface area contributed by atoms with Crippen molar-refractivity contribution in [3.63, 3.8) is 0 Å². The highest BCUT2D eigenvalue weighted by Crippen LogP contribution is 2.35. The van der Waals surface area contributed by atoms with Gasteiger partial charge < -0.3 is 11.1 Å². The van der Waals surface area contributed by atoms with Crippen molar-refractivity contribution in [2.75, 3.05) is 5.32 Å². The monoisotopic (exact) mass is 258 g/mol. The molecule has 4 heteroatoms. The summed E-state index contributed by atoms with van der Waals surface area (Å²) in [4.78, 5) is 11.5. The average Bonchev–Trinajstić information content (AvgIpc) is 2.66. The summed E-state index contributed by atoms with van der Waals surface area (Å²) in [7, 11) is 0. The van der Waals surface area contributed by atoms with Crippen molar-refractivity contribution in [2.45, 2.75) is 6.04 Å². The minimum atomic E-state index is -0.595. The van der Waals surface area contributed by atoms with Gasteiger partial charge in [0, 0.05) is 21.8 Å². The van der Waals surface area contributed by atoms with Crippen molar-refractivity contribution in [3.05, 3.63) is 53.1 Å². The number of carbonyl (C=O) groups is 1. The van der Waals surface area contributed by atoms with Crippen LogP contribution < -0.4 is 11.1 Å². The van der Waals surface area contributed by atoms with E-state index in [4.69, 9.17) is 17.3 Å². The summed E-state index contributed by atoms with van der Waals surface area (Å²) < 4.78 is 0. The van der Waals surface area contributed by atoms with Crippen LogP contribution in [0.2, 0.25) is 5.02 Å². The molecular weight excluding hydrogens is 248 g/mol. The highest BCUT2D eigenvalue weighted by molar-refractivity contribution is 6.33. The summed E-state index contributed by atoms with van der Waals surface area (Å²) in [6, 6.07) is 12.7. The maximum Gasteiger partial charge on any atom is 0.245 e. The summed E-state index contributed by atoms with van der Waals surface area (Å²) in [6.07, 6.45) is 0. The molecule has 2 aromatic carbocycles. The maximum atomic E-state index is 11.5. The van der Waals surface area contributed by atoms with Crippen LogP contribution in [0.4, 0.5) is 5.69 Å². The second kappa shape index (κ2) is 4.12. The van der Waals surface area contributed by atoms with Gasteiger partial charge in [0.1, 0.15) is 6.04 Å². The smallest absolute Gasteiger partial charge is 0.245 e. The Hall–Kier alpha value is -1.84. The largest absolute Gasteiger partial charge is 0.324 e. The molecule has 90 valence electrons. The molecule has 0 radical (unpaired) electrons. The van der Waals surface area contributed by atoms with Gasteiger partial charge in [-0.3, -0.25) is 4.79 Å². The number of rotatable bonds is 1. The first-order chi connectivity index (χ1) is 8.66. The third-order valence-corrected chi connectivity index (χ3v) is 3.44. The van der Waals surface area contributed by atoms with E-state index >= 15 is 0 Å². The second-order valence-corrected chi connectivity index (χ2v) is 4.66. The van der Waals surface area contributed by atoms with Gasteiger partial charge >= 0.3 is 0 Å². The van der Waals surface area contributed by atoms with Crippen molar-refractivity contribution in [1.29, 1.82) is 0 Å². The van der Waals surface area contributed by atoms with E-state index in [-0.39, 0.29) is 5.91 Å². The number of anilines is 1. The minimum absolute atomic E-state index is 0.165. The van der Waals surface area contributed by atoms with Crippen molar-refractivity contribution >= 4 is 23.2 Å². The van der Waals surface area contributed by atoms with Gasteiger partial charge in [-0.1, -0.05) is 35.9 Å². The molecule has 3 rings (SSSR count). The van der Waals surface area contributed by atoms with Gasteiger partial charge in [0.05, 0.1) is 0 Å². The van der Waals surface area contributed by atoms with Crippen LogP contribution in [-0.2, 0) is 4.79 Å². The number of hydrogen-bond acceptors (Lipinski definition) is 2. The van der Waals surface area contributed by atoms with E-state index in [9.17, 15) is 4.79 Å². The molecule has 0 saturated carbocycles. The Morgan fingerprint density at radius 3 is 2.72 bits per heavy atom. The van der Waals surface area contributed by atoms with Crippen molar-refractivity contribution in [1.82, 2.24) is 0 Å². The molecule has 0 saturated heterocycles. The Bertz CT molecular complexity index is 639. The summed E-state index contributed by atoms with van der Waals surface area (Å²) in [5.74, 6) is -0.165. The first kappa shape index (κ1) is 11.3. The van der Waals surface area contributed by atoms with Crippen LogP contribution in [0.15, 0.2) is 42.5 Å². The predicted molar refractivity (Wildman–Crippen MR) is 72.4 cm³/mol. The summed E-state index contributed by atoms with van der Waals surface area (Å²) in [5.41, 5.74) is 9.33. The Balaban J connectivity index is 2.12. The fourth-order valence-electron chi connectivity index (χ4n) is 2.15. The lowest BCUT2D eigenvalue weighted by Gasteiger charge is -2.07. The lowest BCUT2D eigenvalue weighted by Crippen LogP contribution is -2.19. The Morgan fingerprint density at radius 1 is 1.17 bits per heavy atom. The van der Waals surface area contributed by atoms with E-state index in [0.29, 0.717) is 5.02 Å². The van der Waals surface area contributed by atoms with E-state index in [1.165, 1.54) is 0 Å². The lowest BCUT2D eigenvalue weighted by molar-refractivity contribution is -0.116. The molecule has 3 nitrogen and oxygen atoms in total. The number of nitrogens with one attached hydrogen (secondary N) is 1. The van der Waals surface area contributed by atoms with E-state index in [2.05, 4.69) is 5.32 Å². The molecule has 3 N–H and O–H groups in total. The summed E-state index contributed by atoms with van der Waals surface area (Å²) in [6.45, 7) is 0. The van der Waals surface area contributed by atoms with E-state index in [1.807, 2.05) is 42.5 Å². The lowest BCUT2D eigenvalue weighted by atomic mass is 10.00. The first-order valence-electron chi connectivity index (χ1n) is 5.62. The van der Waals surface area contributed by atoms with E-state index in [0.717, 1.165) is 22.4 Å². The van der Waals surface area contributed by atoms with E-state index in [1.54, 1.807) is 0 Å². The highest BCUT2D eigenvalue weighted by atomic mass is 35.5. The maximum absolute atomic E-state index is 11.5. The predicted octanol–water partition coefficient (Wildman–Crippen LogP) is 2.96. The number of nitrogens with two attached hydrogens (primary N) is 1. The Kier molecular flexibility index (Phi) is 2.58. The standard InChI is InChI=1S/C14H11ClN2O/c15-11-4-2-1-3-9(11)8-5-6-12-10(7-8)13(16)14(18)17-12/h1-7,13H,16H2,(H,17,18)/t13-/m1/s1. The molecule has 0 spiro atoms. The number of carbonyl (C=O) groups excluding carboxylic acids is 1. The Labute approximate surface area is 110 Å². The van der Waals surface area contributed by atoms with Crippen molar-refractivity contribution in [3.8, 4) is 11.1 Å². The topological polar surface area (TPSA) is 55.1 Å². The van der Waals surface area contributed by atoms with E-state index < -0.39 is 6.04 Å². The molecule has 1 amide bonds. The zero-order valence-corrected chi connectivity index (χ0v) is 10.2. The Morgan fingerprint density at radius 2 is 1.94 bits per heavy atom. The van der Waals surface area contributed by atoms with Gasteiger partial charge in [-0.2, -0.15) is 0 Å². The molecule has 18 heavy (non-hydrogen) atoms. The molecule has 0 bridgehead atoms. The molecule has 2 aromatic rings. The number of hydrogen-bond donors (Lipinski definition) is 2. The summed E-state index contributed by atoms with van der Waals surface area (Å²) in [5, 5.41) is 3.43. The van der Waals surface area contributed by atoms with Crippen LogP contribution in [0.1, 0.15) is 11.6 Å². The molecule has 0 aromatic heterocycles. The molecule has 0 unspecified atom stereocenters. The number of amides is 1. The third kappa shape index (κ3) is 1.68.